The van der Waals surface area contributed by atoms with E-state index in [0.29, 0.717) is 0 Å². The number of hydrogen-bond donors (Lipinski definition) is 1. The van der Waals surface area contributed by atoms with Crippen LogP contribution >= 0.6 is 27.7 Å². The van der Waals surface area contributed by atoms with Gasteiger partial charge in [-0.25, -0.2) is 4.68 Å². The Morgan fingerprint density at radius 2 is 2.12 bits per heavy atom. The number of fused-ring (bicyclic) bond motifs is 1. The maximum atomic E-state index is 13.2. The van der Waals surface area contributed by atoms with Crippen molar-refractivity contribution in [2.75, 3.05) is 25.6 Å². The molecule has 0 aliphatic carbocycles. The predicted octanol–water partition coefficient (Wildman–Crippen LogP) is 2.74. The molecule has 1 amide bonds. The van der Waals surface area contributed by atoms with Crippen LogP contribution in [0.15, 0.2) is 27.8 Å². The van der Waals surface area contributed by atoms with Crippen molar-refractivity contribution in [3.8, 4) is 5.75 Å². The quantitative estimate of drug-likeness (QED) is 0.795. The number of aryl methyl sites for hydroxylation is 1. The number of rotatable bonds is 3. The van der Waals surface area contributed by atoms with Gasteiger partial charge in [0, 0.05) is 13.1 Å². The summed E-state index contributed by atoms with van der Waals surface area (Å²) in [4.78, 5) is 15.1. The van der Waals surface area contributed by atoms with E-state index in [2.05, 4.69) is 31.6 Å². The highest BCUT2D eigenvalue weighted by atomic mass is 79.9. The molecule has 0 unspecified atom stereocenters. The summed E-state index contributed by atoms with van der Waals surface area (Å²) in [5.74, 6) is 1.70. The van der Waals surface area contributed by atoms with Gasteiger partial charge in [-0.15, -0.1) is 10.2 Å². The van der Waals surface area contributed by atoms with Crippen LogP contribution in [0.2, 0.25) is 0 Å². The highest BCUT2D eigenvalue weighted by Gasteiger charge is 2.40. The fourth-order valence-electron chi connectivity index (χ4n) is 3.39. The number of carbonyl (C=O) groups excluding carboxylic acids is 1. The summed E-state index contributed by atoms with van der Waals surface area (Å²) in [6.45, 7) is 3.56. The molecule has 9 heteroatoms. The number of methoxy groups -OCH3 is 1. The molecule has 1 fully saturated rings. The standard InChI is InChI=1S/C17H20BrN5O2S/c1-10-19-20-17-23(10)21-14(11-5-6-13(25-2)12(18)9-11)15(26-17)16(24)22-7-3-4-8-22/h5-6,9,14-15,21H,3-4,7-8H2,1-2H3/t14-,15-/m0/s1. The zero-order chi connectivity index (χ0) is 18.3. The SMILES string of the molecule is COc1ccc([C@@H]2Nn3c(C)nnc3S[C@@H]2C(=O)N2CCCC2)cc1Br. The molecular formula is C17H20BrN5O2S. The number of halogens is 1. The molecule has 3 heterocycles. The average molecular weight is 438 g/mol. The summed E-state index contributed by atoms with van der Waals surface area (Å²) in [6.07, 6.45) is 2.15. The van der Waals surface area contributed by atoms with E-state index in [1.807, 2.05) is 34.7 Å². The van der Waals surface area contributed by atoms with Gasteiger partial charge in [0.25, 0.3) is 0 Å². The second-order valence-corrected chi connectivity index (χ2v) is 8.40. The van der Waals surface area contributed by atoms with Crippen LogP contribution in [0.25, 0.3) is 0 Å². The Hall–Kier alpha value is -1.74. The van der Waals surface area contributed by atoms with Gasteiger partial charge in [-0.05, 0) is 53.4 Å². The van der Waals surface area contributed by atoms with Gasteiger partial charge >= 0.3 is 0 Å². The van der Waals surface area contributed by atoms with Crippen molar-refractivity contribution in [1.29, 1.82) is 0 Å². The van der Waals surface area contributed by atoms with Gasteiger partial charge in [0.05, 0.1) is 17.6 Å². The molecule has 0 bridgehead atoms. The van der Waals surface area contributed by atoms with Gasteiger partial charge in [0.15, 0.2) is 0 Å². The summed E-state index contributed by atoms with van der Waals surface area (Å²) in [5.41, 5.74) is 4.46. The molecule has 0 spiro atoms. The van der Waals surface area contributed by atoms with Crippen LogP contribution in [0.4, 0.5) is 0 Å². The third-order valence-electron chi connectivity index (χ3n) is 4.79. The summed E-state index contributed by atoms with van der Waals surface area (Å²) < 4.78 is 8.06. The van der Waals surface area contributed by atoms with Gasteiger partial charge in [0.2, 0.25) is 11.1 Å². The first-order valence-corrected chi connectivity index (χ1v) is 10.2. The minimum Gasteiger partial charge on any atom is -0.496 e. The highest BCUT2D eigenvalue weighted by Crippen LogP contribution is 2.40. The molecule has 138 valence electrons. The number of amides is 1. The number of likely N-dealkylation sites (tertiary alicyclic amines) is 1. The maximum Gasteiger partial charge on any atom is 0.238 e. The number of ether oxygens (including phenoxy) is 1. The molecule has 2 aromatic rings. The first-order chi connectivity index (χ1) is 12.6. The van der Waals surface area contributed by atoms with Gasteiger partial charge < -0.3 is 15.1 Å². The molecule has 7 nitrogen and oxygen atoms in total. The Morgan fingerprint density at radius 1 is 1.35 bits per heavy atom. The molecule has 1 aromatic carbocycles. The van der Waals surface area contributed by atoms with E-state index in [0.717, 1.165) is 52.7 Å². The first-order valence-electron chi connectivity index (χ1n) is 8.56. The Labute approximate surface area is 164 Å². The van der Waals surface area contributed by atoms with Crippen LogP contribution in [0.5, 0.6) is 5.75 Å². The number of thioether (sulfide) groups is 1. The third kappa shape index (κ3) is 3.07. The summed E-state index contributed by atoms with van der Waals surface area (Å²) in [5, 5.41) is 8.78. The van der Waals surface area contributed by atoms with E-state index in [4.69, 9.17) is 4.74 Å². The van der Waals surface area contributed by atoms with Gasteiger partial charge in [-0.2, -0.15) is 0 Å². The van der Waals surface area contributed by atoms with Crippen molar-refractivity contribution < 1.29 is 9.53 Å². The molecule has 26 heavy (non-hydrogen) atoms. The minimum atomic E-state index is -0.288. The molecule has 4 rings (SSSR count). The summed E-state index contributed by atoms with van der Waals surface area (Å²) in [7, 11) is 1.64. The van der Waals surface area contributed by atoms with Crippen molar-refractivity contribution >= 4 is 33.6 Å². The second kappa shape index (κ2) is 7.11. The first kappa shape index (κ1) is 17.7. The lowest BCUT2D eigenvalue weighted by atomic mass is 10.0. The second-order valence-electron chi connectivity index (χ2n) is 6.44. The van der Waals surface area contributed by atoms with E-state index in [1.54, 1.807) is 7.11 Å². The van der Waals surface area contributed by atoms with Crippen LogP contribution in [0.1, 0.15) is 30.3 Å². The lowest BCUT2D eigenvalue weighted by Gasteiger charge is -2.34. The normalized spacial score (nSPS) is 22.0. The average Bonchev–Trinajstić information content (AvgIpc) is 3.30. The van der Waals surface area contributed by atoms with Crippen molar-refractivity contribution in [2.45, 2.75) is 36.2 Å². The van der Waals surface area contributed by atoms with Crippen LogP contribution < -0.4 is 10.2 Å². The molecule has 2 atom stereocenters. The number of carbonyl (C=O) groups is 1. The van der Waals surface area contributed by atoms with E-state index in [9.17, 15) is 4.79 Å². The number of aromatic nitrogens is 3. The van der Waals surface area contributed by atoms with Gasteiger partial charge in [0.1, 0.15) is 16.8 Å². The Kier molecular flexibility index (Phi) is 4.83. The van der Waals surface area contributed by atoms with Gasteiger partial charge in [-0.1, -0.05) is 17.8 Å². The van der Waals surface area contributed by atoms with Crippen molar-refractivity contribution in [2.24, 2.45) is 0 Å². The molecule has 0 saturated carbocycles. The fraction of sp³-hybridized carbons (Fsp3) is 0.471. The minimum absolute atomic E-state index is 0.156. The zero-order valence-electron chi connectivity index (χ0n) is 14.6. The van der Waals surface area contributed by atoms with E-state index >= 15 is 0 Å². The molecule has 1 aromatic heterocycles. The van der Waals surface area contributed by atoms with Gasteiger partial charge in [-0.3, -0.25) is 4.79 Å². The molecule has 1 saturated heterocycles. The maximum absolute atomic E-state index is 13.2. The van der Waals surface area contributed by atoms with Crippen LogP contribution in [0.3, 0.4) is 0 Å². The zero-order valence-corrected chi connectivity index (χ0v) is 17.0. The number of hydrogen-bond acceptors (Lipinski definition) is 6. The van der Waals surface area contributed by atoms with Crippen molar-refractivity contribution in [1.82, 2.24) is 19.8 Å². The third-order valence-corrected chi connectivity index (χ3v) is 6.62. The summed E-state index contributed by atoms with van der Waals surface area (Å²) in [6, 6.07) is 5.73. The van der Waals surface area contributed by atoms with Crippen molar-refractivity contribution in [3.05, 3.63) is 34.1 Å². The van der Waals surface area contributed by atoms with Crippen LogP contribution in [-0.4, -0.2) is 51.1 Å². The topological polar surface area (TPSA) is 72.3 Å². The monoisotopic (exact) mass is 437 g/mol. The van der Waals surface area contributed by atoms with E-state index in [1.165, 1.54) is 11.8 Å². The molecule has 1 N–H and O–H groups in total. The highest BCUT2D eigenvalue weighted by molar-refractivity contribution is 9.10. The Morgan fingerprint density at radius 3 is 2.81 bits per heavy atom. The molecule has 2 aliphatic heterocycles. The van der Waals surface area contributed by atoms with E-state index in [-0.39, 0.29) is 17.2 Å². The lowest BCUT2D eigenvalue weighted by molar-refractivity contribution is -0.129. The Bertz CT molecular complexity index is 837. The van der Waals surface area contributed by atoms with Crippen LogP contribution in [-0.2, 0) is 4.79 Å². The molecule has 0 radical (unpaired) electrons. The van der Waals surface area contributed by atoms with Crippen molar-refractivity contribution in [3.63, 3.8) is 0 Å². The fourth-order valence-corrected chi connectivity index (χ4v) is 5.16. The Balaban J connectivity index is 1.71. The smallest absolute Gasteiger partial charge is 0.238 e. The lowest BCUT2D eigenvalue weighted by Crippen LogP contribution is -2.45. The largest absolute Gasteiger partial charge is 0.496 e. The summed E-state index contributed by atoms with van der Waals surface area (Å²) >= 11 is 5.03. The number of nitrogens with one attached hydrogen (secondary N) is 1. The van der Waals surface area contributed by atoms with Crippen LogP contribution in [0, 0.1) is 6.92 Å². The number of benzene rings is 1. The molecule has 2 aliphatic rings. The molecular weight excluding hydrogens is 418 g/mol. The van der Waals surface area contributed by atoms with E-state index < -0.39 is 0 Å². The predicted molar refractivity (Wildman–Crippen MR) is 103 cm³/mol. The number of nitrogens with zero attached hydrogens (tertiary/aromatic N) is 4.